The summed E-state index contributed by atoms with van der Waals surface area (Å²) in [5, 5.41) is 9.82. The molecule has 3 nitrogen and oxygen atoms in total. The third kappa shape index (κ3) is 3.47. The zero-order valence-electron chi connectivity index (χ0n) is 11.0. The van der Waals surface area contributed by atoms with E-state index >= 15 is 0 Å². The molecule has 0 saturated carbocycles. The third-order valence-electron chi connectivity index (χ3n) is 3.11. The topological polar surface area (TPSA) is 40.5 Å². The second kappa shape index (κ2) is 5.21. The van der Waals surface area contributed by atoms with E-state index in [4.69, 9.17) is 0 Å². The summed E-state index contributed by atoms with van der Waals surface area (Å²) in [6, 6.07) is 5.05. The molecule has 19 heavy (non-hydrogen) atoms. The lowest BCUT2D eigenvalue weighted by atomic mass is 9.85. The van der Waals surface area contributed by atoms with Gasteiger partial charge in [-0.15, -0.1) is 0 Å². The molecule has 1 aromatic rings. The van der Waals surface area contributed by atoms with Crippen LogP contribution in [-0.4, -0.2) is 22.1 Å². The van der Waals surface area contributed by atoms with E-state index in [1.807, 2.05) is 0 Å². The molecular formula is C13H16F3NO2. The second-order valence-electron chi connectivity index (χ2n) is 5.00. The Labute approximate surface area is 109 Å². The molecule has 0 heterocycles. The minimum absolute atomic E-state index is 0.227. The summed E-state index contributed by atoms with van der Waals surface area (Å²) in [5.41, 5.74) is -1.59. The lowest BCUT2D eigenvalue weighted by Crippen LogP contribution is -2.47. The van der Waals surface area contributed by atoms with E-state index in [9.17, 15) is 23.2 Å². The van der Waals surface area contributed by atoms with Gasteiger partial charge in [0.1, 0.15) is 11.2 Å². The number of benzene rings is 1. The maximum Gasteiger partial charge on any atom is 0.259 e. The highest BCUT2D eigenvalue weighted by Crippen LogP contribution is 2.37. The lowest BCUT2D eigenvalue weighted by Gasteiger charge is -2.32. The Bertz CT molecular complexity index is 452. The molecule has 1 N–H and O–H groups in total. The van der Waals surface area contributed by atoms with Crippen molar-refractivity contribution in [2.24, 2.45) is 5.41 Å². The minimum Gasteiger partial charge on any atom is -0.286 e. The molecule has 0 saturated heterocycles. The monoisotopic (exact) mass is 275 g/mol. The molecule has 0 unspecified atom stereocenters. The first kappa shape index (κ1) is 15.5. The van der Waals surface area contributed by atoms with Crippen molar-refractivity contribution in [3.05, 3.63) is 35.6 Å². The summed E-state index contributed by atoms with van der Waals surface area (Å²) < 4.78 is 39.3. The van der Waals surface area contributed by atoms with Gasteiger partial charge in [-0.25, -0.2) is 18.2 Å². The van der Waals surface area contributed by atoms with Gasteiger partial charge in [-0.3, -0.25) is 10.0 Å². The lowest BCUT2D eigenvalue weighted by molar-refractivity contribution is -0.196. The van der Waals surface area contributed by atoms with Crippen LogP contribution >= 0.6 is 0 Å². The first-order valence-corrected chi connectivity index (χ1v) is 5.69. The highest BCUT2D eigenvalue weighted by molar-refractivity contribution is 5.82. The molecule has 1 amide bonds. The summed E-state index contributed by atoms with van der Waals surface area (Å²) in [5.74, 6) is -4.82. The maximum atomic E-state index is 13.3. The van der Waals surface area contributed by atoms with Gasteiger partial charge in [-0.2, -0.15) is 0 Å². The van der Waals surface area contributed by atoms with Gasteiger partial charge in [0.05, 0.1) is 6.54 Å². The maximum absolute atomic E-state index is 13.3. The van der Waals surface area contributed by atoms with E-state index in [-0.39, 0.29) is 11.6 Å². The first-order chi connectivity index (χ1) is 8.55. The molecule has 0 bridgehead atoms. The smallest absolute Gasteiger partial charge is 0.259 e. The Morgan fingerprint density at radius 1 is 1.21 bits per heavy atom. The van der Waals surface area contributed by atoms with Crippen LogP contribution in [0.15, 0.2) is 24.3 Å². The molecule has 0 atom stereocenters. The quantitative estimate of drug-likeness (QED) is 0.677. The molecule has 6 heteroatoms. The number of hydrogen-bond acceptors (Lipinski definition) is 2. The van der Waals surface area contributed by atoms with Gasteiger partial charge in [0, 0.05) is 6.92 Å². The number of amides is 1. The Kier molecular flexibility index (Phi) is 4.25. The summed E-state index contributed by atoms with van der Waals surface area (Å²) in [6.07, 6.45) is 0. The van der Waals surface area contributed by atoms with Crippen LogP contribution in [0.4, 0.5) is 13.2 Å². The number of hydroxylamine groups is 2. The summed E-state index contributed by atoms with van der Waals surface area (Å²) in [6.45, 7) is 2.46. The van der Waals surface area contributed by atoms with Crippen LogP contribution in [0.1, 0.15) is 26.3 Å². The van der Waals surface area contributed by atoms with Crippen molar-refractivity contribution in [3.63, 3.8) is 0 Å². The normalized spacial score (nSPS) is 12.4. The van der Waals surface area contributed by atoms with Crippen LogP contribution in [-0.2, 0) is 11.3 Å². The van der Waals surface area contributed by atoms with E-state index in [1.165, 1.54) is 12.1 Å². The van der Waals surface area contributed by atoms with Gasteiger partial charge in [0.2, 0.25) is 0 Å². The molecule has 0 spiro atoms. The summed E-state index contributed by atoms with van der Waals surface area (Å²) in [4.78, 5) is 11.8. The molecule has 0 fully saturated rings. The molecule has 106 valence electrons. The minimum atomic E-state index is -3.27. The van der Waals surface area contributed by atoms with Crippen molar-refractivity contribution in [2.75, 3.05) is 0 Å². The molecule has 0 aliphatic heterocycles. The molecule has 0 aliphatic carbocycles. The van der Waals surface area contributed by atoms with Crippen molar-refractivity contribution >= 4 is 5.91 Å². The van der Waals surface area contributed by atoms with Crippen molar-refractivity contribution < 1.29 is 23.2 Å². The Balaban J connectivity index is 2.81. The molecule has 0 aromatic heterocycles. The van der Waals surface area contributed by atoms with E-state index in [0.717, 1.165) is 26.0 Å². The highest BCUT2D eigenvalue weighted by Gasteiger charge is 2.49. The van der Waals surface area contributed by atoms with Crippen molar-refractivity contribution in [1.82, 2.24) is 5.06 Å². The predicted molar refractivity (Wildman–Crippen MR) is 63.1 cm³/mol. The molecular weight excluding hydrogens is 259 g/mol. The zero-order chi connectivity index (χ0) is 14.8. The molecule has 0 radical (unpaired) electrons. The van der Waals surface area contributed by atoms with Crippen molar-refractivity contribution in [3.8, 4) is 0 Å². The predicted octanol–water partition coefficient (Wildman–Crippen LogP) is 3.22. The van der Waals surface area contributed by atoms with Crippen molar-refractivity contribution in [1.29, 1.82) is 0 Å². The van der Waals surface area contributed by atoms with Gasteiger partial charge in [-0.1, -0.05) is 12.1 Å². The van der Waals surface area contributed by atoms with Crippen LogP contribution in [0.3, 0.4) is 0 Å². The third-order valence-corrected chi connectivity index (χ3v) is 3.11. The Morgan fingerprint density at radius 2 is 1.68 bits per heavy atom. The standard InChI is InChI=1S/C13H16F3NO2/c1-12(2,13(3,15)16)11(18)17(19)8-9-4-6-10(14)7-5-9/h4-7,19H,8H2,1-3H3. The number of rotatable bonds is 4. The van der Waals surface area contributed by atoms with E-state index < -0.39 is 23.1 Å². The number of carbonyl (C=O) groups is 1. The van der Waals surface area contributed by atoms with Crippen molar-refractivity contribution in [2.45, 2.75) is 33.2 Å². The number of carbonyl (C=O) groups excluding carboxylic acids is 1. The van der Waals surface area contributed by atoms with E-state index in [0.29, 0.717) is 12.5 Å². The van der Waals surface area contributed by atoms with Crippen LogP contribution in [0, 0.1) is 11.2 Å². The largest absolute Gasteiger partial charge is 0.286 e. The van der Waals surface area contributed by atoms with Crippen LogP contribution in [0.2, 0.25) is 0 Å². The average molecular weight is 275 g/mol. The summed E-state index contributed by atoms with van der Waals surface area (Å²) >= 11 is 0. The number of alkyl halides is 2. The zero-order valence-corrected chi connectivity index (χ0v) is 11.0. The van der Waals surface area contributed by atoms with E-state index in [2.05, 4.69) is 0 Å². The van der Waals surface area contributed by atoms with Crippen LogP contribution in [0.25, 0.3) is 0 Å². The molecule has 1 aromatic carbocycles. The Hall–Kier alpha value is -1.56. The van der Waals surface area contributed by atoms with Crippen LogP contribution in [0.5, 0.6) is 0 Å². The molecule has 0 aliphatic rings. The number of halogens is 3. The number of nitrogens with zero attached hydrogens (tertiary/aromatic N) is 1. The fraction of sp³-hybridized carbons (Fsp3) is 0.462. The van der Waals surface area contributed by atoms with E-state index in [1.54, 1.807) is 0 Å². The van der Waals surface area contributed by atoms with Gasteiger partial charge < -0.3 is 0 Å². The fourth-order valence-corrected chi connectivity index (χ4v) is 1.34. The second-order valence-corrected chi connectivity index (χ2v) is 5.00. The van der Waals surface area contributed by atoms with Gasteiger partial charge in [0.15, 0.2) is 0 Å². The van der Waals surface area contributed by atoms with Crippen LogP contribution < -0.4 is 0 Å². The fourth-order valence-electron chi connectivity index (χ4n) is 1.34. The van der Waals surface area contributed by atoms with Gasteiger partial charge >= 0.3 is 0 Å². The van der Waals surface area contributed by atoms with Gasteiger partial charge in [-0.05, 0) is 31.5 Å². The highest BCUT2D eigenvalue weighted by atomic mass is 19.3. The SMILES string of the molecule is CC(F)(F)C(C)(C)C(=O)N(O)Cc1ccc(F)cc1. The Morgan fingerprint density at radius 3 is 2.11 bits per heavy atom. The molecule has 1 rings (SSSR count). The summed E-state index contributed by atoms with van der Waals surface area (Å²) in [7, 11) is 0. The average Bonchev–Trinajstić information content (AvgIpc) is 2.29. The number of hydrogen-bond donors (Lipinski definition) is 1. The van der Waals surface area contributed by atoms with Gasteiger partial charge in [0.25, 0.3) is 11.8 Å². The first-order valence-electron chi connectivity index (χ1n) is 5.69.